The predicted octanol–water partition coefficient (Wildman–Crippen LogP) is 18.9. The summed E-state index contributed by atoms with van der Waals surface area (Å²) in [5.41, 5.74) is 22.0. The lowest BCUT2D eigenvalue weighted by molar-refractivity contribution is 0.793. The first-order valence-electron chi connectivity index (χ1n) is 26.1. The number of benzene rings is 12. The number of hydrogen-bond donors (Lipinski definition) is 0. The second kappa shape index (κ2) is 16.1. The molecule has 16 rings (SSSR count). The molecule has 0 N–H and O–H groups in total. The fourth-order valence-corrected chi connectivity index (χ4v) is 13.1. The van der Waals surface area contributed by atoms with Gasteiger partial charge in [-0.25, -0.2) is 0 Å². The van der Waals surface area contributed by atoms with Crippen molar-refractivity contribution in [3.8, 4) is 33.6 Å². The topological polar surface area (TPSA) is 9.86 Å². The van der Waals surface area contributed by atoms with Crippen LogP contribution in [0.5, 0.6) is 0 Å². The van der Waals surface area contributed by atoms with E-state index >= 15 is 0 Å². The summed E-state index contributed by atoms with van der Waals surface area (Å²) in [4.78, 5) is 0. The highest BCUT2D eigenvalue weighted by Crippen LogP contribution is 2.63. The molecule has 2 nitrogen and oxygen atoms in total. The van der Waals surface area contributed by atoms with Crippen LogP contribution in [-0.4, -0.2) is 9.13 Å². The van der Waals surface area contributed by atoms with Gasteiger partial charge in [0.25, 0.3) is 0 Å². The molecule has 2 aromatic heterocycles. The highest BCUT2D eigenvalue weighted by atomic mass is 15.0. The van der Waals surface area contributed by atoms with Crippen molar-refractivity contribution in [2.45, 2.75) is 5.41 Å². The van der Waals surface area contributed by atoms with Crippen LogP contribution in [-0.2, 0) is 5.41 Å². The smallest absolute Gasteiger partial charge is 0.0725 e. The van der Waals surface area contributed by atoms with E-state index in [-0.39, 0.29) is 0 Å². The van der Waals surface area contributed by atoms with Crippen LogP contribution in [0.25, 0.3) is 123 Å². The molecule has 0 radical (unpaired) electrons. The van der Waals surface area contributed by atoms with Gasteiger partial charge < -0.3 is 9.13 Å². The van der Waals surface area contributed by atoms with Crippen molar-refractivity contribution in [2.24, 2.45) is 0 Å². The first-order chi connectivity index (χ1) is 37.2. The first-order valence-corrected chi connectivity index (χ1v) is 26.1. The van der Waals surface area contributed by atoms with Gasteiger partial charge in [0.1, 0.15) is 0 Å². The van der Waals surface area contributed by atoms with Gasteiger partial charge in [0.15, 0.2) is 0 Å². The Morgan fingerprint density at radius 2 is 0.600 bits per heavy atom. The zero-order chi connectivity index (χ0) is 49.2. The summed E-state index contributed by atoms with van der Waals surface area (Å²) in [5, 5.41) is 9.98. The van der Waals surface area contributed by atoms with Gasteiger partial charge in [0.2, 0.25) is 0 Å². The zero-order valence-corrected chi connectivity index (χ0v) is 41.0. The van der Waals surface area contributed by atoms with Crippen molar-refractivity contribution in [2.75, 3.05) is 0 Å². The average Bonchev–Trinajstić information content (AvgIpc) is 4.19. The molecule has 0 aliphatic heterocycles. The maximum absolute atomic E-state index is 2.47. The van der Waals surface area contributed by atoms with E-state index in [1.165, 1.54) is 143 Å². The Balaban J connectivity index is 0.786. The molecule has 0 saturated carbocycles. The third kappa shape index (κ3) is 6.21. The summed E-state index contributed by atoms with van der Waals surface area (Å²) < 4.78 is 4.82. The van der Waals surface area contributed by atoms with Crippen molar-refractivity contribution in [3.05, 3.63) is 299 Å². The summed E-state index contributed by atoms with van der Waals surface area (Å²) >= 11 is 0. The van der Waals surface area contributed by atoms with E-state index in [2.05, 4.69) is 288 Å². The summed E-state index contributed by atoms with van der Waals surface area (Å²) in [6.45, 7) is 0. The molecular formula is C73H46N2. The summed E-state index contributed by atoms with van der Waals surface area (Å²) in [6, 6.07) is 94.6. The van der Waals surface area contributed by atoms with Crippen molar-refractivity contribution in [3.63, 3.8) is 0 Å². The van der Waals surface area contributed by atoms with Crippen LogP contribution in [0.1, 0.15) is 44.5 Å². The lowest BCUT2D eigenvalue weighted by Crippen LogP contribution is -2.26. The summed E-state index contributed by atoms with van der Waals surface area (Å²) in [7, 11) is 0. The molecule has 14 aromatic rings. The maximum atomic E-state index is 2.47. The van der Waals surface area contributed by atoms with E-state index in [0.717, 1.165) is 0 Å². The minimum Gasteiger partial charge on any atom is -0.309 e. The van der Waals surface area contributed by atoms with Gasteiger partial charge >= 0.3 is 0 Å². The number of para-hydroxylation sites is 2. The molecule has 0 saturated heterocycles. The zero-order valence-electron chi connectivity index (χ0n) is 41.0. The van der Waals surface area contributed by atoms with E-state index in [1.54, 1.807) is 0 Å². The van der Waals surface area contributed by atoms with Crippen LogP contribution in [0.2, 0.25) is 0 Å². The minimum absolute atomic E-state index is 0.474. The molecule has 2 heteroatoms. The van der Waals surface area contributed by atoms with Crippen molar-refractivity contribution in [1.29, 1.82) is 0 Å². The van der Waals surface area contributed by atoms with E-state index in [1.807, 2.05) is 0 Å². The monoisotopic (exact) mass is 950 g/mol. The molecule has 75 heavy (non-hydrogen) atoms. The molecule has 0 amide bonds. The molecule has 2 aliphatic carbocycles. The molecule has 0 fully saturated rings. The van der Waals surface area contributed by atoms with Crippen LogP contribution in [0.4, 0.5) is 0 Å². The quantitative estimate of drug-likeness (QED) is 0.147. The predicted molar refractivity (Wildman–Crippen MR) is 317 cm³/mol. The van der Waals surface area contributed by atoms with Crippen molar-refractivity contribution in [1.82, 2.24) is 9.13 Å². The van der Waals surface area contributed by atoms with Gasteiger partial charge in [-0.15, -0.1) is 0 Å². The molecule has 1 spiro atoms. The van der Waals surface area contributed by atoms with Crippen LogP contribution in [0, 0.1) is 0 Å². The molecule has 0 bridgehead atoms. The number of hydrogen-bond acceptors (Lipinski definition) is 0. The SMILES string of the molecule is C(=Cc1ccc2c(c1)c1ccccc1n2-c1ccc2ccccc2c1)c1ccc2c(c1)C1(c3ccccc3-c3ccccc31)c1cc(C=Cc3ccc4c(c3)c3ccccc3n4-c3ccc4ccccc4c3)ccc1-2. The highest BCUT2D eigenvalue weighted by molar-refractivity contribution is 6.11. The maximum Gasteiger partial charge on any atom is 0.0725 e. The van der Waals surface area contributed by atoms with Crippen molar-refractivity contribution >= 4 is 89.5 Å². The molecule has 0 atom stereocenters. The number of fused-ring (bicyclic) bond motifs is 18. The van der Waals surface area contributed by atoms with Crippen LogP contribution in [0.15, 0.2) is 255 Å². The van der Waals surface area contributed by atoms with E-state index in [9.17, 15) is 0 Å². The average molecular weight is 951 g/mol. The lowest BCUT2D eigenvalue weighted by atomic mass is 9.70. The molecule has 2 aliphatic rings. The van der Waals surface area contributed by atoms with Gasteiger partial charge in [-0.1, -0.05) is 206 Å². The normalized spacial score (nSPS) is 13.3. The van der Waals surface area contributed by atoms with Gasteiger partial charge in [0.05, 0.1) is 27.5 Å². The second-order valence-corrected chi connectivity index (χ2v) is 20.4. The Hall–Kier alpha value is -9.76. The van der Waals surface area contributed by atoms with E-state index in [4.69, 9.17) is 0 Å². The van der Waals surface area contributed by atoms with Gasteiger partial charge in [-0.2, -0.15) is 0 Å². The Morgan fingerprint density at radius 1 is 0.240 bits per heavy atom. The number of rotatable bonds is 6. The second-order valence-electron chi connectivity index (χ2n) is 20.4. The largest absolute Gasteiger partial charge is 0.309 e. The lowest BCUT2D eigenvalue weighted by Gasteiger charge is -2.30. The van der Waals surface area contributed by atoms with E-state index < -0.39 is 5.41 Å². The molecular weight excluding hydrogens is 905 g/mol. The van der Waals surface area contributed by atoms with E-state index in [0.29, 0.717) is 0 Å². The molecule has 12 aromatic carbocycles. The van der Waals surface area contributed by atoms with Crippen molar-refractivity contribution < 1.29 is 0 Å². The van der Waals surface area contributed by atoms with Crippen LogP contribution < -0.4 is 0 Å². The summed E-state index contributed by atoms with van der Waals surface area (Å²) in [6.07, 6.45) is 9.18. The van der Waals surface area contributed by atoms with Gasteiger partial charge in [-0.3, -0.25) is 0 Å². The van der Waals surface area contributed by atoms with Crippen LogP contribution >= 0.6 is 0 Å². The molecule has 348 valence electrons. The standard InChI is InChI=1S/C73H46N2/c1-3-15-53-45-55(35-33-51(53)13-1)74-69-23-11-7-19-61(69)63-41-47(31-39-71(63)74)25-27-49-29-37-59-60-38-30-50(44-68(60)73(67(59)43-49)65-21-9-5-17-57(65)58-18-6-10-22-66(58)73)28-26-48-32-40-72-64(42-48)62-20-8-12-24-70(62)75(72)56-36-34-52-14-2-4-16-54(52)46-56/h1-46H. The Kier molecular flexibility index (Phi) is 8.99. The minimum atomic E-state index is -0.474. The Morgan fingerprint density at radius 3 is 1.08 bits per heavy atom. The first kappa shape index (κ1) is 41.8. The number of aromatic nitrogens is 2. The fourth-order valence-electron chi connectivity index (χ4n) is 13.1. The summed E-state index contributed by atoms with van der Waals surface area (Å²) in [5.74, 6) is 0. The van der Waals surface area contributed by atoms with Gasteiger partial charge in [-0.05, 0) is 161 Å². The molecule has 2 heterocycles. The number of nitrogens with zero attached hydrogens (tertiary/aromatic N) is 2. The Bertz CT molecular complexity index is 4480. The molecule has 0 unspecified atom stereocenters. The van der Waals surface area contributed by atoms with Crippen LogP contribution in [0.3, 0.4) is 0 Å². The third-order valence-electron chi connectivity index (χ3n) is 16.4. The highest BCUT2D eigenvalue weighted by Gasteiger charge is 2.51. The van der Waals surface area contributed by atoms with Gasteiger partial charge in [0, 0.05) is 32.9 Å². The third-order valence-corrected chi connectivity index (χ3v) is 16.4. The Labute approximate surface area is 434 Å². The fraction of sp³-hybridized carbons (Fsp3) is 0.0137.